The van der Waals surface area contributed by atoms with Gasteiger partial charge in [0.1, 0.15) is 0 Å². The van der Waals surface area contributed by atoms with Crippen molar-refractivity contribution in [3.8, 4) is 11.1 Å². The molecule has 2 aliphatic rings. The van der Waals surface area contributed by atoms with Crippen LogP contribution in [0.3, 0.4) is 0 Å². The van der Waals surface area contributed by atoms with Gasteiger partial charge < -0.3 is 4.74 Å². The van der Waals surface area contributed by atoms with Gasteiger partial charge in [-0.3, -0.25) is 4.39 Å². The van der Waals surface area contributed by atoms with Crippen molar-refractivity contribution in [2.45, 2.75) is 109 Å². The van der Waals surface area contributed by atoms with Crippen molar-refractivity contribution in [1.29, 1.82) is 0 Å². The van der Waals surface area contributed by atoms with Gasteiger partial charge in [-0.2, -0.15) is 0 Å². The minimum Gasteiger partial charge on any atom is -0.385 e. The number of unbranched alkanes of at least 4 members (excludes halogenated alkanes) is 2. The summed E-state index contributed by atoms with van der Waals surface area (Å²) in [6.45, 7) is 0.774. The fourth-order valence-corrected chi connectivity index (χ4v) is 7.00. The van der Waals surface area contributed by atoms with Crippen LogP contribution in [-0.4, -0.2) is 20.4 Å². The summed E-state index contributed by atoms with van der Waals surface area (Å²) in [5.41, 5.74) is 5.68. The van der Waals surface area contributed by atoms with Crippen LogP contribution in [0.4, 0.5) is 4.39 Å². The highest BCUT2D eigenvalue weighted by atomic mass is 19.1. The van der Waals surface area contributed by atoms with E-state index in [0.29, 0.717) is 0 Å². The second-order valence-corrected chi connectivity index (χ2v) is 12.1. The van der Waals surface area contributed by atoms with Crippen molar-refractivity contribution in [3.05, 3.63) is 59.7 Å². The van der Waals surface area contributed by atoms with E-state index in [4.69, 9.17) is 4.74 Å². The molecule has 37 heavy (non-hydrogen) atoms. The fraction of sp³-hybridized carbons (Fsp3) is 0.657. The Morgan fingerprint density at radius 1 is 0.622 bits per heavy atom. The van der Waals surface area contributed by atoms with Gasteiger partial charge in [0, 0.05) is 13.7 Å². The summed E-state index contributed by atoms with van der Waals surface area (Å²) in [4.78, 5) is 0. The summed E-state index contributed by atoms with van der Waals surface area (Å²) in [7, 11) is 1.81. The van der Waals surface area contributed by atoms with Crippen LogP contribution >= 0.6 is 0 Å². The molecule has 4 rings (SSSR count). The molecule has 0 aromatic heterocycles. The Hall–Kier alpha value is -1.67. The molecule has 0 unspecified atom stereocenters. The molecule has 0 spiro atoms. The predicted molar refractivity (Wildman–Crippen MR) is 156 cm³/mol. The van der Waals surface area contributed by atoms with E-state index in [9.17, 15) is 4.39 Å². The average Bonchev–Trinajstić information content (AvgIpc) is 2.96. The van der Waals surface area contributed by atoms with Gasteiger partial charge in [-0.05, 0) is 104 Å². The molecule has 2 aromatic rings. The largest absolute Gasteiger partial charge is 0.385 e. The van der Waals surface area contributed by atoms with Gasteiger partial charge in [-0.15, -0.1) is 0 Å². The first-order valence-electron chi connectivity index (χ1n) is 15.5. The third-order valence-electron chi connectivity index (χ3n) is 9.53. The maximum Gasteiger partial charge on any atom is 0.0894 e. The molecular weight excluding hydrogens is 455 g/mol. The zero-order chi connectivity index (χ0) is 25.7. The Bertz CT molecular complexity index is 857. The summed E-state index contributed by atoms with van der Waals surface area (Å²) < 4.78 is 17.5. The number of aryl methyl sites for hydroxylation is 1. The van der Waals surface area contributed by atoms with Gasteiger partial charge >= 0.3 is 0 Å². The zero-order valence-electron chi connectivity index (χ0n) is 23.4. The van der Waals surface area contributed by atoms with Gasteiger partial charge in [0.25, 0.3) is 0 Å². The molecule has 0 heterocycles. The standard InChI is InChI=1S/C35H51FO/c1-37-27-5-7-29-8-10-30(11-9-29)12-13-31-16-20-33(21-17-31)35-24-22-34(23-25-35)32-18-14-28(15-19-32)6-3-2-4-26-36/h16-17,20-25,28-30,32H,2-15,18-19,26-27H2,1H3/t28-,29-,30-,32-. The van der Waals surface area contributed by atoms with E-state index in [2.05, 4.69) is 48.5 Å². The molecule has 2 heteroatoms. The van der Waals surface area contributed by atoms with E-state index in [1.54, 1.807) is 0 Å². The number of halogens is 1. The van der Waals surface area contributed by atoms with E-state index in [0.717, 1.165) is 43.1 Å². The highest BCUT2D eigenvalue weighted by Gasteiger charge is 2.22. The lowest BCUT2D eigenvalue weighted by atomic mass is 9.77. The quantitative estimate of drug-likeness (QED) is 0.232. The number of rotatable bonds is 14. The van der Waals surface area contributed by atoms with Crippen LogP contribution in [0.25, 0.3) is 11.1 Å². The van der Waals surface area contributed by atoms with Gasteiger partial charge in [-0.25, -0.2) is 0 Å². The molecule has 0 aliphatic heterocycles. The molecule has 0 radical (unpaired) electrons. The maximum absolute atomic E-state index is 12.3. The van der Waals surface area contributed by atoms with Crippen molar-refractivity contribution in [3.63, 3.8) is 0 Å². The summed E-state index contributed by atoms with van der Waals surface area (Å²) in [6.07, 6.45) is 20.5. The van der Waals surface area contributed by atoms with Crippen LogP contribution < -0.4 is 0 Å². The Morgan fingerprint density at radius 2 is 1.16 bits per heavy atom. The van der Waals surface area contributed by atoms with Crippen molar-refractivity contribution in [2.24, 2.45) is 17.8 Å². The fourth-order valence-electron chi connectivity index (χ4n) is 7.00. The maximum atomic E-state index is 12.3. The molecule has 0 amide bonds. The Morgan fingerprint density at radius 3 is 1.76 bits per heavy atom. The molecule has 1 nitrogen and oxygen atoms in total. The van der Waals surface area contributed by atoms with Crippen LogP contribution in [0.5, 0.6) is 0 Å². The van der Waals surface area contributed by atoms with Crippen LogP contribution in [0.1, 0.15) is 113 Å². The Kier molecular flexibility index (Phi) is 12.0. The number of methoxy groups -OCH3 is 1. The third-order valence-corrected chi connectivity index (χ3v) is 9.53. The molecule has 0 atom stereocenters. The number of ether oxygens (including phenoxy) is 1. The van der Waals surface area contributed by atoms with Crippen LogP contribution in [0.15, 0.2) is 48.5 Å². The first-order valence-corrected chi connectivity index (χ1v) is 15.5. The molecule has 0 saturated heterocycles. The molecule has 2 aromatic carbocycles. The van der Waals surface area contributed by atoms with Crippen LogP contribution in [-0.2, 0) is 11.2 Å². The highest BCUT2D eigenvalue weighted by molar-refractivity contribution is 5.64. The van der Waals surface area contributed by atoms with Crippen molar-refractivity contribution < 1.29 is 9.13 Å². The SMILES string of the molecule is COCCC[C@H]1CC[C@H](CCc2ccc(-c3ccc([C@H]4CC[C@H](CCCCCF)CC4)cc3)cc2)CC1. The number of alkyl halides is 1. The first-order chi connectivity index (χ1) is 18.2. The molecule has 0 N–H and O–H groups in total. The normalized spacial score (nSPS) is 24.3. The summed E-state index contributed by atoms with van der Waals surface area (Å²) in [5.74, 6) is 3.45. The lowest BCUT2D eigenvalue weighted by molar-refractivity contribution is 0.175. The van der Waals surface area contributed by atoms with Crippen molar-refractivity contribution in [1.82, 2.24) is 0 Å². The van der Waals surface area contributed by atoms with E-state index < -0.39 is 0 Å². The van der Waals surface area contributed by atoms with Crippen molar-refractivity contribution in [2.75, 3.05) is 20.4 Å². The Labute approximate surface area is 226 Å². The van der Waals surface area contributed by atoms with Crippen LogP contribution in [0, 0.1) is 17.8 Å². The van der Waals surface area contributed by atoms with Gasteiger partial charge in [0.15, 0.2) is 0 Å². The average molecular weight is 507 g/mol. The molecule has 2 saturated carbocycles. The Balaban J connectivity index is 1.17. The second-order valence-electron chi connectivity index (χ2n) is 12.1. The third kappa shape index (κ3) is 9.24. The smallest absolute Gasteiger partial charge is 0.0894 e. The van der Waals surface area contributed by atoms with E-state index in [-0.39, 0.29) is 6.67 Å². The minimum absolute atomic E-state index is 0.149. The lowest BCUT2D eigenvalue weighted by Gasteiger charge is -2.29. The summed E-state index contributed by atoms with van der Waals surface area (Å²) in [5, 5.41) is 0. The van der Waals surface area contributed by atoms with E-state index >= 15 is 0 Å². The predicted octanol–water partition coefficient (Wildman–Crippen LogP) is 10.3. The monoisotopic (exact) mass is 506 g/mol. The minimum atomic E-state index is -0.149. The van der Waals surface area contributed by atoms with Gasteiger partial charge in [-0.1, -0.05) is 93.5 Å². The molecule has 204 valence electrons. The van der Waals surface area contributed by atoms with Crippen molar-refractivity contribution >= 4 is 0 Å². The molecular formula is C35H51FO. The second kappa shape index (κ2) is 15.7. The van der Waals surface area contributed by atoms with Crippen LogP contribution in [0.2, 0.25) is 0 Å². The summed E-state index contributed by atoms with van der Waals surface area (Å²) in [6, 6.07) is 18.8. The van der Waals surface area contributed by atoms with E-state index in [1.165, 1.54) is 112 Å². The zero-order valence-corrected chi connectivity index (χ0v) is 23.4. The van der Waals surface area contributed by atoms with E-state index in [1.807, 2.05) is 7.11 Å². The lowest BCUT2D eigenvalue weighted by Crippen LogP contribution is -2.15. The highest BCUT2D eigenvalue weighted by Crippen LogP contribution is 2.38. The number of hydrogen-bond donors (Lipinski definition) is 0. The number of benzene rings is 2. The molecule has 2 aliphatic carbocycles. The molecule has 0 bridgehead atoms. The van der Waals surface area contributed by atoms with Gasteiger partial charge in [0.05, 0.1) is 6.67 Å². The molecule has 2 fully saturated rings. The first kappa shape index (κ1) is 28.3. The number of hydrogen-bond acceptors (Lipinski definition) is 1. The van der Waals surface area contributed by atoms with Gasteiger partial charge in [0.2, 0.25) is 0 Å². The summed E-state index contributed by atoms with van der Waals surface area (Å²) >= 11 is 0. The topological polar surface area (TPSA) is 9.23 Å².